The molecule has 0 saturated carbocycles. The van der Waals surface area contributed by atoms with Crippen LogP contribution in [0, 0.1) is 0 Å². The van der Waals surface area contributed by atoms with Gasteiger partial charge in [0.1, 0.15) is 0 Å². The highest BCUT2D eigenvalue weighted by atomic mass is 16.5. The van der Waals surface area contributed by atoms with Gasteiger partial charge in [-0.25, -0.2) is 0 Å². The fourth-order valence-corrected chi connectivity index (χ4v) is 1.57. The Kier molecular flexibility index (Phi) is 6.15. The van der Waals surface area contributed by atoms with Gasteiger partial charge >= 0.3 is 0 Å². The number of hydrogen-bond acceptors (Lipinski definition) is 4. The Hall–Kier alpha value is -1.75. The Morgan fingerprint density at radius 1 is 1.42 bits per heavy atom. The summed E-state index contributed by atoms with van der Waals surface area (Å²) >= 11 is 0. The molecular formula is C14H22N2O3. The van der Waals surface area contributed by atoms with Gasteiger partial charge in [-0.05, 0) is 31.0 Å². The lowest BCUT2D eigenvalue weighted by atomic mass is 10.2. The van der Waals surface area contributed by atoms with Crippen LogP contribution in [0.2, 0.25) is 0 Å². The Balaban J connectivity index is 2.72. The minimum Gasteiger partial charge on any atom is -0.493 e. The van der Waals surface area contributed by atoms with Crippen LogP contribution in [-0.4, -0.2) is 25.7 Å². The van der Waals surface area contributed by atoms with E-state index in [1.165, 1.54) is 0 Å². The molecule has 1 amide bonds. The van der Waals surface area contributed by atoms with Crippen molar-refractivity contribution in [2.24, 2.45) is 5.73 Å². The summed E-state index contributed by atoms with van der Waals surface area (Å²) < 4.78 is 10.9. The summed E-state index contributed by atoms with van der Waals surface area (Å²) in [6.45, 7) is 4.79. The quantitative estimate of drug-likeness (QED) is 0.783. The average molecular weight is 266 g/mol. The van der Waals surface area contributed by atoms with E-state index in [0.29, 0.717) is 24.6 Å². The van der Waals surface area contributed by atoms with E-state index in [-0.39, 0.29) is 5.91 Å². The predicted molar refractivity (Wildman–Crippen MR) is 74.3 cm³/mol. The third-order valence-corrected chi connectivity index (χ3v) is 2.69. The van der Waals surface area contributed by atoms with Crippen LogP contribution in [0.1, 0.15) is 25.8 Å². The molecule has 1 unspecified atom stereocenters. The van der Waals surface area contributed by atoms with Crippen molar-refractivity contribution < 1.29 is 14.3 Å². The maximum absolute atomic E-state index is 11.7. The summed E-state index contributed by atoms with van der Waals surface area (Å²) in [5.41, 5.74) is 6.52. The molecule has 1 aromatic carbocycles. The summed E-state index contributed by atoms with van der Waals surface area (Å²) in [7, 11) is 1.56. The zero-order chi connectivity index (χ0) is 14.3. The normalized spacial score (nSPS) is 11.8. The number of nitrogens with one attached hydrogen (secondary N) is 1. The molecule has 1 aromatic rings. The molecule has 0 heterocycles. The second-order valence-electron chi connectivity index (χ2n) is 4.24. The number of carbonyl (C=O) groups excluding carboxylic acids is 1. The maximum atomic E-state index is 11.7. The van der Waals surface area contributed by atoms with Crippen LogP contribution in [-0.2, 0) is 11.3 Å². The molecule has 5 heteroatoms. The highest BCUT2D eigenvalue weighted by Crippen LogP contribution is 2.28. The average Bonchev–Trinajstić information content (AvgIpc) is 2.44. The van der Waals surface area contributed by atoms with Crippen molar-refractivity contribution in [1.29, 1.82) is 0 Å². The van der Waals surface area contributed by atoms with Crippen LogP contribution in [0.5, 0.6) is 11.5 Å². The van der Waals surface area contributed by atoms with Crippen LogP contribution < -0.4 is 20.5 Å². The Labute approximate surface area is 114 Å². The Morgan fingerprint density at radius 2 is 2.16 bits per heavy atom. The van der Waals surface area contributed by atoms with Crippen molar-refractivity contribution in [1.82, 2.24) is 5.32 Å². The lowest BCUT2D eigenvalue weighted by Crippen LogP contribution is -2.36. The van der Waals surface area contributed by atoms with E-state index in [9.17, 15) is 4.79 Å². The molecule has 1 rings (SSSR count). The second-order valence-corrected chi connectivity index (χ2v) is 4.24. The number of ether oxygens (including phenoxy) is 2. The summed E-state index contributed by atoms with van der Waals surface area (Å²) in [4.78, 5) is 11.7. The van der Waals surface area contributed by atoms with E-state index in [1.54, 1.807) is 20.1 Å². The van der Waals surface area contributed by atoms with Crippen LogP contribution >= 0.6 is 0 Å². The van der Waals surface area contributed by atoms with Crippen molar-refractivity contribution in [2.45, 2.75) is 32.9 Å². The van der Waals surface area contributed by atoms with Crippen LogP contribution in [0.15, 0.2) is 18.2 Å². The van der Waals surface area contributed by atoms with Gasteiger partial charge in [-0.15, -0.1) is 0 Å². The number of carbonyl (C=O) groups is 1. The number of rotatable bonds is 7. The topological polar surface area (TPSA) is 73.6 Å². The SMILES string of the molecule is CCCNC(=O)C(C)Oc1ccc(CN)cc1OC. The van der Waals surface area contributed by atoms with Gasteiger partial charge in [-0.3, -0.25) is 4.79 Å². The first-order valence-electron chi connectivity index (χ1n) is 6.43. The molecule has 106 valence electrons. The van der Waals surface area contributed by atoms with Crippen molar-refractivity contribution in [3.8, 4) is 11.5 Å². The van der Waals surface area contributed by atoms with Crippen LogP contribution in [0.25, 0.3) is 0 Å². The monoisotopic (exact) mass is 266 g/mol. The number of benzene rings is 1. The molecule has 0 radical (unpaired) electrons. The minimum atomic E-state index is -0.566. The Bertz CT molecular complexity index is 421. The van der Waals surface area contributed by atoms with Crippen LogP contribution in [0.4, 0.5) is 0 Å². The maximum Gasteiger partial charge on any atom is 0.260 e. The lowest BCUT2D eigenvalue weighted by molar-refractivity contribution is -0.127. The molecule has 0 saturated heterocycles. The number of methoxy groups -OCH3 is 1. The standard InChI is InChI=1S/C14H22N2O3/c1-4-7-16-14(17)10(2)19-12-6-5-11(9-15)8-13(12)18-3/h5-6,8,10H,4,7,9,15H2,1-3H3,(H,16,17). The van der Waals surface area contributed by atoms with E-state index in [4.69, 9.17) is 15.2 Å². The first-order valence-corrected chi connectivity index (χ1v) is 6.43. The lowest BCUT2D eigenvalue weighted by Gasteiger charge is -2.17. The van der Waals surface area contributed by atoms with Crippen molar-refractivity contribution in [2.75, 3.05) is 13.7 Å². The molecule has 0 bridgehead atoms. The van der Waals surface area contributed by atoms with Gasteiger partial charge in [0.2, 0.25) is 0 Å². The van der Waals surface area contributed by atoms with E-state index in [2.05, 4.69) is 5.32 Å². The van der Waals surface area contributed by atoms with E-state index in [1.807, 2.05) is 19.1 Å². The largest absolute Gasteiger partial charge is 0.493 e. The summed E-state index contributed by atoms with van der Waals surface area (Å²) in [5, 5.41) is 2.79. The predicted octanol–water partition coefficient (Wildman–Crippen LogP) is 1.45. The van der Waals surface area contributed by atoms with Gasteiger partial charge in [-0.1, -0.05) is 13.0 Å². The number of hydrogen-bond donors (Lipinski definition) is 2. The van der Waals surface area contributed by atoms with Gasteiger partial charge < -0.3 is 20.5 Å². The third-order valence-electron chi connectivity index (χ3n) is 2.69. The van der Waals surface area contributed by atoms with Gasteiger partial charge in [0, 0.05) is 13.1 Å². The second kappa shape index (κ2) is 7.63. The molecular weight excluding hydrogens is 244 g/mol. The number of nitrogens with two attached hydrogens (primary N) is 1. The molecule has 0 fully saturated rings. The molecule has 19 heavy (non-hydrogen) atoms. The van der Waals surface area contributed by atoms with Crippen molar-refractivity contribution >= 4 is 5.91 Å². The zero-order valence-corrected chi connectivity index (χ0v) is 11.7. The highest BCUT2D eigenvalue weighted by Gasteiger charge is 2.16. The number of amides is 1. The smallest absolute Gasteiger partial charge is 0.260 e. The molecule has 0 aliphatic heterocycles. The minimum absolute atomic E-state index is 0.133. The van der Waals surface area contributed by atoms with Crippen LogP contribution in [0.3, 0.4) is 0 Å². The highest BCUT2D eigenvalue weighted by molar-refractivity contribution is 5.80. The van der Waals surface area contributed by atoms with Gasteiger partial charge in [0.25, 0.3) is 5.91 Å². The molecule has 5 nitrogen and oxygen atoms in total. The first-order chi connectivity index (χ1) is 9.12. The van der Waals surface area contributed by atoms with Crippen molar-refractivity contribution in [3.63, 3.8) is 0 Å². The third kappa shape index (κ3) is 4.44. The van der Waals surface area contributed by atoms with E-state index >= 15 is 0 Å². The molecule has 0 aliphatic carbocycles. The van der Waals surface area contributed by atoms with E-state index in [0.717, 1.165) is 12.0 Å². The van der Waals surface area contributed by atoms with E-state index < -0.39 is 6.10 Å². The first kappa shape index (κ1) is 15.3. The molecule has 1 atom stereocenters. The summed E-state index contributed by atoms with van der Waals surface area (Å²) in [6, 6.07) is 5.44. The zero-order valence-electron chi connectivity index (χ0n) is 11.7. The molecule has 0 aliphatic rings. The molecule has 0 spiro atoms. The van der Waals surface area contributed by atoms with Crippen molar-refractivity contribution in [3.05, 3.63) is 23.8 Å². The fraction of sp³-hybridized carbons (Fsp3) is 0.500. The van der Waals surface area contributed by atoms with Gasteiger partial charge in [0.15, 0.2) is 17.6 Å². The molecule has 3 N–H and O–H groups in total. The molecule has 0 aromatic heterocycles. The Morgan fingerprint density at radius 3 is 2.74 bits per heavy atom. The summed E-state index contributed by atoms with van der Waals surface area (Å²) in [5.74, 6) is 0.990. The van der Waals surface area contributed by atoms with Gasteiger partial charge in [-0.2, -0.15) is 0 Å². The summed E-state index contributed by atoms with van der Waals surface area (Å²) in [6.07, 6.45) is 0.330. The van der Waals surface area contributed by atoms with Gasteiger partial charge in [0.05, 0.1) is 7.11 Å². The fourth-order valence-electron chi connectivity index (χ4n) is 1.57.